The molecule has 0 aliphatic rings. The average molecular weight is 137 g/mol. The van der Waals surface area contributed by atoms with Gasteiger partial charge in [0.1, 0.15) is 0 Å². The van der Waals surface area contributed by atoms with Gasteiger partial charge < -0.3 is 5.73 Å². The highest BCUT2D eigenvalue weighted by Crippen LogP contribution is 1.93. The third-order valence-corrected chi connectivity index (χ3v) is 0.973. The summed E-state index contributed by atoms with van der Waals surface area (Å²) in [4.78, 5) is 10.5. The van der Waals surface area contributed by atoms with Crippen molar-refractivity contribution in [2.24, 2.45) is 5.73 Å². The Labute approximate surface area is 60.7 Å². The zero-order chi connectivity index (χ0) is 7.98. The van der Waals surface area contributed by atoms with Crippen molar-refractivity contribution in [1.82, 2.24) is 0 Å². The second-order valence-corrected chi connectivity index (χ2v) is 1.72. The Morgan fingerprint density at radius 1 is 1.60 bits per heavy atom. The Balaban J connectivity index is 4.33. The number of hydrogen-bond donors (Lipinski definition) is 1. The van der Waals surface area contributed by atoms with E-state index >= 15 is 0 Å². The smallest absolute Gasteiger partial charge is 0.248 e. The van der Waals surface area contributed by atoms with Crippen LogP contribution in [0, 0.1) is 0 Å². The average Bonchev–Trinajstić information content (AvgIpc) is 1.89. The van der Waals surface area contributed by atoms with E-state index in [2.05, 4.69) is 6.58 Å². The van der Waals surface area contributed by atoms with Gasteiger partial charge in [0.05, 0.1) is 0 Å². The van der Waals surface area contributed by atoms with Gasteiger partial charge in [0.15, 0.2) is 0 Å². The number of nitrogens with two attached hydrogens (primary N) is 1. The molecule has 0 bridgehead atoms. The molecule has 0 atom stereocenters. The first-order valence-electron chi connectivity index (χ1n) is 2.97. The van der Waals surface area contributed by atoms with E-state index in [0.29, 0.717) is 5.57 Å². The van der Waals surface area contributed by atoms with Crippen molar-refractivity contribution in [2.45, 2.75) is 6.92 Å². The SMILES string of the molecule is C=C/C(=C\C=C/C)C(N)=O. The van der Waals surface area contributed by atoms with Crippen molar-refractivity contribution >= 4 is 5.91 Å². The predicted octanol–water partition coefficient (Wildman–Crippen LogP) is 1.16. The van der Waals surface area contributed by atoms with Crippen LogP contribution in [0.25, 0.3) is 0 Å². The lowest BCUT2D eigenvalue weighted by molar-refractivity contribution is -0.114. The molecule has 0 unspecified atom stereocenters. The van der Waals surface area contributed by atoms with E-state index in [1.807, 2.05) is 13.0 Å². The summed E-state index contributed by atoms with van der Waals surface area (Å²) in [7, 11) is 0. The Hall–Kier alpha value is -1.31. The van der Waals surface area contributed by atoms with Crippen LogP contribution in [-0.2, 0) is 4.79 Å². The number of carbonyl (C=O) groups excluding carboxylic acids is 1. The molecule has 0 aromatic carbocycles. The Morgan fingerprint density at radius 3 is 2.50 bits per heavy atom. The number of amides is 1. The standard InChI is InChI=1S/C8H11NO/c1-3-5-6-7(4-2)8(9)10/h3-6H,2H2,1H3,(H2,9,10)/b5-3-,7-6+. The van der Waals surface area contributed by atoms with Crippen molar-refractivity contribution in [1.29, 1.82) is 0 Å². The largest absolute Gasteiger partial charge is 0.366 e. The first-order valence-corrected chi connectivity index (χ1v) is 2.97. The van der Waals surface area contributed by atoms with Crippen LogP contribution < -0.4 is 5.73 Å². The summed E-state index contributed by atoms with van der Waals surface area (Å²) in [5.41, 5.74) is 5.40. The fourth-order valence-electron chi connectivity index (χ4n) is 0.451. The molecule has 2 nitrogen and oxygen atoms in total. The van der Waals surface area contributed by atoms with Gasteiger partial charge in [0, 0.05) is 5.57 Å². The lowest BCUT2D eigenvalue weighted by Gasteiger charge is -1.89. The summed E-state index contributed by atoms with van der Waals surface area (Å²) in [5.74, 6) is -0.451. The molecule has 1 amide bonds. The van der Waals surface area contributed by atoms with E-state index in [9.17, 15) is 4.79 Å². The van der Waals surface area contributed by atoms with Crippen LogP contribution in [0.1, 0.15) is 6.92 Å². The molecule has 0 rings (SSSR count). The van der Waals surface area contributed by atoms with Crippen LogP contribution in [0.5, 0.6) is 0 Å². The Kier molecular flexibility index (Phi) is 3.96. The van der Waals surface area contributed by atoms with Gasteiger partial charge in [-0.2, -0.15) is 0 Å². The van der Waals surface area contributed by atoms with Crippen molar-refractivity contribution in [3.63, 3.8) is 0 Å². The molecule has 0 aliphatic carbocycles. The van der Waals surface area contributed by atoms with E-state index in [1.165, 1.54) is 6.08 Å². The van der Waals surface area contributed by atoms with Crippen LogP contribution >= 0.6 is 0 Å². The first kappa shape index (κ1) is 8.69. The van der Waals surface area contributed by atoms with Crippen molar-refractivity contribution < 1.29 is 4.79 Å². The van der Waals surface area contributed by atoms with Crippen LogP contribution in [0.3, 0.4) is 0 Å². The summed E-state index contributed by atoms with van der Waals surface area (Å²) in [6.45, 7) is 5.29. The molecule has 54 valence electrons. The van der Waals surface area contributed by atoms with Gasteiger partial charge in [-0.25, -0.2) is 0 Å². The summed E-state index contributed by atoms with van der Waals surface area (Å²) < 4.78 is 0. The monoisotopic (exact) mass is 137 g/mol. The van der Waals surface area contributed by atoms with E-state index in [-0.39, 0.29) is 0 Å². The summed E-state index contributed by atoms with van der Waals surface area (Å²) in [6, 6.07) is 0. The number of allylic oxidation sites excluding steroid dienone is 3. The number of primary amides is 1. The molecule has 0 aromatic heterocycles. The fourth-order valence-corrected chi connectivity index (χ4v) is 0.451. The van der Waals surface area contributed by atoms with Gasteiger partial charge in [-0.05, 0) is 13.0 Å². The zero-order valence-corrected chi connectivity index (χ0v) is 6.00. The number of carbonyl (C=O) groups is 1. The molecule has 0 fully saturated rings. The maximum absolute atomic E-state index is 10.5. The fraction of sp³-hybridized carbons (Fsp3) is 0.125. The number of rotatable bonds is 3. The maximum Gasteiger partial charge on any atom is 0.248 e. The van der Waals surface area contributed by atoms with E-state index in [1.54, 1.807) is 12.2 Å². The molecular weight excluding hydrogens is 126 g/mol. The lowest BCUT2D eigenvalue weighted by atomic mass is 10.2. The second kappa shape index (κ2) is 4.56. The minimum atomic E-state index is -0.451. The van der Waals surface area contributed by atoms with E-state index in [4.69, 9.17) is 5.73 Å². The highest BCUT2D eigenvalue weighted by atomic mass is 16.1. The molecule has 0 radical (unpaired) electrons. The summed E-state index contributed by atoms with van der Waals surface area (Å²) in [5, 5.41) is 0. The van der Waals surface area contributed by atoms with Gasteiger partial charge >= 0.3 is 0 Å². The summed E-state index contributed by atoms with van der Waals surface area (Å²) in [6.07, 6.45) is 6.60. The highest BCUT2D eigenvalue weighted by molar-refractivity contribution is 5.94. The first-order chi connectivity index (χ1) is 4.72. The molecule has 0 heterocycles. The molecule has 10 heavy (non-hydrogen) atoms. The van der Waals surface area contributed by atoms with Crippen LogP contribution in [0.4, 0.5) is 0 Å². The minimum Gasteiger partial charge on any atom is -0.366 e. The molecule has 0 saturated heterocycles. The van der Waals surface area contributed by atoms with Crippen LogP contribution in [0.15, 0.2) is 36.5 Å². The van der Waals surface area contributed by atoms with E-state index in [0.717, 1.165) is 0 Å². The van der Waals surface area contributed by atoms with Crippen molar-refractivity contribution in [2.75, 3.05) is 0 Å². The minimum absolute atomic E-state index is 0.429. The van der Waals surface area contributed by atoms with Gasteiger partial charge in [-0.3, -0.25) is 4.79 Å². The van der Waals surface area contributed by atoms with Crippen LogP contribution in [-0.4, -0.2) is 5.91 Å². The maximum atomic E-state index is 10.5. The Morgan fingerprint density at radius 2 is 2.20 bits per heavy atom. The molecule has 2 N–H and O–H groups in total. The molecule has 2 heteroatoms. The quantitative estimate of drug-likeness (QED) is 0.460. The summed E-state index contributed by atoms with van der Waals surface area (Å²) >= 11 is 0. The Bertz CT molecular complexity index is 189. The normalized spacial score (nSPS) is 11.9. The highest BCUT2D eigenvalue weighted by Gasteiger charge is 1.94. The third-order valence-electron chi connectivity index (χ3n) is 0.973. The molecular formula is C8H11NO. The third kappa shape index (κ3) is 2.87. The molecule has 0 aliphatic heterocycles. The van der Waals surface area contributed by atoms with Crippen molar-refractivity contribution in [3.8, 4) is 0 Å². The predicted molar refractivity (Wildman–Crippen MR) is 42.3 cm³/mol. The second-order valence-electron chi connectivity index (χ2n) is 1.72. The topological polar surface area (TPSA) is 43.1 Å². The zero-order valence-electron chi connectivity index (χ0n) is 6.00. The van der Waals surface area contributed by atoms with E-state index < -0.39 is 5.91 Å². The van der Waals surface area contributed by atoms with Crippen LogP contribution in [0.2, 0.25) is 0 Å². The molecule has 0 saturated carbocycles. The molecule has 0 aromatic rings. The lowest BCUT2D eigenvalue weighted by Crippen LogP contribution is -2.11. The van der Waals surface area contributed by atoms with Gasteiger partial charge in [0.2, 0.25) is 5.91 Å². The van der Waals surface area contributed by atoms with Gasteiger partial charge in [0.25, 0.3) is 0 Å². The van der Waals surface area contributed by atoms with Crippen molar-refractivity contribution in [3.05, 3.63) is 36.5 Å². The van der Waals surface area contributed by atoms with Gasteiger partial charge in [-0.1, -0.05) is 24.8 Å². The molecule has 0 spiro atoms. The number of hydrogen-bond acceptors (Lipinski definition) is 1. The van der Waals surface area contributed by atoms with Gasteiger partial charge in [-0.15, -0.1) is 0 Å².